The highest BCUT2D eigenvalue weighted by molar-refractivity contribution is 5.92. The molecule has 1 rings (SSSR count). The predicted octanol–water partition coefficient (Wildman–Crippen LogP) is 0.848. The highest BCUT2D eigenvalue weighted by Gasteiger charge is 2.03. The molecule has 1 amide bonds. The Bertz CT molecular complexity index is 275. The number of carbonyl (C=O) groups is 1. The average Bonchev–Trinajstić information content (AvgIpc) is 2.25. The highest BCUT2D eigenvalue weighted by atomic mass is 16.5. The van der Waals surface area contributed by atoms with E-state index in [4.69, 9.17) is 4.74 Å². The number of aromatic nitrogens is 1. The number of pyridine rings is 1. The number of nitrogens with one attached hydrogen (secondary N) is 1. The van der Waals surface area contributed by atoms with Crippen molar-refractivity contribution in [3.63, 3.8) is 0 Å². The van der Waals surface area contributed by atoms with Gasteiger partial charge in [0.2, 0.25) is 0 Å². The fraction of sp³-hybridized carbons (Fsp3) is 0.400. The zero-order valence-corrected chi connectivity index (χ0v) is 8.19. The number of carbonyl (C=O) groups excluding carboxylic acids is 1. The third kappa shape index (κ3) is 3.53. The van der Waals surface area contributed by atoms with Gasteiger partial charge < -0.3 is 10.1 Å². The van der Waals surface area contributed by atoms with Crippen molar-refractivity contribution in [1.29, 1.82) is 0 Å². The van der Waals surface area contributed by atoms with Gasteiger partial charge in [-0.05, 0) is 18.6 Å². The Balaban J connectivity index is 2.29. The number of hydrogen-bond donors (Lipinski definition) is 1. The Morgan fingerprint density at radius 3 is 3.07 bits per heavy atom. The van der Waals surface area contributed by atoms with E-state index in [-0.39, 0.29) is 5.91 Å². The summed E-state index contributed by atoms with van der Waals surface area (Å²) in [6.45, 7) is 1.27. The van der Waals surface area contributed by atoms with Gasteiger partial charge in [-0.25, -0.2) is 0 Å². The molecule has 0 spiro atoms. The van der Waals surface area contributed by atoms with Crippen molar-refractivity contribution < 1.29 is 9.53 Å². The zero-order chi connectivity index (χ0) is 10.2. The van der Waals surface area contributed by atoms with E-state index in [1.165, 1.54) is 0 Å². The van der Waals surface area contributed by atoms with Crippen LogP contribution in [0.4, 0.5) is 0 Å². The fourth-order valence-electron chi connectivity index (χ4n) is 1.01. The van der Waals surface area contributed by atoms with E-state index in [0.717, 1.165) is 6.42 Å². The van der Waals surface area contributed by atoms with Gasteiger partial charge in [-0.1, -0.05) is 6.07 Å². The SMILES string of the molecule is COCCCNC(=O)c1ccccn1. The predicted molar refractivity (Wildman–Crippen MR) is 53.1 cm³/mol. The summed E-state index contributed by atoms with van der Waals surface area (Å²) < 4.78 is 4.86. The van der Waals surface area contributed by atoms with Crippen LogP contribution >= 0.6 is 0 Å². The van der Waals surface area contributed by atoms with Crippen LogP contribution in [-0.2, 0) is 4.74 Å². The number of nitrogens with zero attached hydrogens (tertiary/aromatic N) is 1. The van der Waals surface area contributed by atoms with Gasteiger partial charge in [0.15, 0.2) is 0 Å². The van der Waals surface area contributed by atoms with Crippen LogP contribution < -0.4 is 5.32 Å². The molecule has 1 aromatic heterocycles. The van der Waals surface area contributed by atoms with Crippen molar-refractivity contribution in [2.45, 2.75) is 6.42 Å². The minimum absolute atomic E-state index is 0.137. The molecule has 4 nitrogen and oxygen atoms in total. The summed E-state index contributed by atoms with van der Waals surface area (Å²) in [5, 5.41) is 2.75. The molecule has 0 saturated heterocycles. The maximum absolute atomic E-state index is 11.4. The van der Waals surface area contributed by atoms with Crippen molar-refractivity contribution in [3.8, 4) is 0 Å². The van der Waals surface area contributed by atoms with E-state index in [1.807, 2.05) is 0 Å². The van der Waals surface area contributed by atoms with Crippen LogP contribution in [0.25, 0.3) is 0 Å². The number of hydrogen-bond acceptors (Lipinski definition) is 3. The monoisotopic (exact) mass is 194 g/mol. The highest BCUT2D eigenvalue weighted by Crippen LogP contribution is 1.92. The first-order chi connectivity index (χ1) is 6.84. The lowest BCUT2D eigenvalue weighted by Crippen LogP contribution is -2.25. The minimum atomic E-state index is -0.137. The van der Waals surface area contributed by atoms with Gasteiger partial charge in [0.25, 0.3) is 5.91 Å². The normalized spacial score (nSPS) is 9.79. The Labute approximate surface area is 83.3 Å². The van der Waals surface area contributed by atoms with Crippen LogP contribution in [0.2, 0.25) is 0 Å². The van der Waals surface area contributed by atoms with Crippen LogP contribution in [0.5, 0.6) is 0 Å². The van der Waals surface area contributed by atoms with Gasteiger partial charge in [-0.3, -0.25) is 9.78 Å². The second kappa shape index (κ2) is 6.10. The summed E-state index contributed by atoms with van der Waals surface area (Å²) in [7, 11) is 1.64. The molecule has 0 saturated carbocycles. The molecule has 4 heteroatoms. The van der Waals surface area contributed by atoms with E-state index in [2.05, 4.69) is 10.3 Å². The molecule has 14 heavy (non-hydrogen) atoms. The quantitative estimate of drug-likeness (QED) is 0.707. The molecule has 76 valence electrons. The molecular formula is C10H14N2O2. The van der Waals surface area contributed by atoms with Crippen molar-refractivity contribution in [3.05, 3.63) is 30.1 Å². The van der Waals surface area contributed by atoms with Gasteiger partial charge in [0.05, 0.1) is 0 Å². The van der Waals surface area contributed by atoms with E-state index >= 15 is 0 Å². The smallest absolute Gasteiger partial charge is 0.269 e. The summed E-state index contributed by atoms with van der Waals surface area (Å²) in [6, 6.07) is 5.25. The van der Waals surface area contributed by atoms with Gasteiger partial charge in [0.1, 0.15) is 5.69 Å². The molecule has 1 heterocycles. The van der Waals surface area contributed by atoms with Crippen LogP contribution in [0.1, 0.15) is 16.9 Å². The largest absolute Gasteiger partial charge is 0.385 e. The third-order valence-corrected chi connectivity index (χ3v) is 1.71. The topological polar surface area (TPSA) is 51.2 Å². The van der Waals surface area contributed by atoms with E-state index in [9.17, 15) is 4.79 Å². The molecular weight excluding hydrogens is 180 g/mol. The van der Waals surface area contributed by atoms with Gasteiger partial charge in [-0.15, -0.1) is 0 Å². The van der Waals surface area contributed by atoms with Crippen molar-refractivity contribution >= 4 is 5.91 Å². The molecule has 0 bridgehead atoms. The molecule has 0 unspecified atom stereocenters. The zero-order valence-electron chi connectivity index (χ0n) is 8.19. The summed E-state index contributed by atoms with van der Waals surface area (Å²) in [5.74, 6) is -0.137. The van der Waals surface area contributed by atoms with Gasteiger partial charge in [-0.2, -0.15) is 0 Å². The van der Waals surface area contributed by atoms with E-state index in [1.54, 1.807) is 31.5 Å². The van der Waals surface area contributed by atoms with Crippen LogP contribution in [0.15, 0.2) is 24.4 Å². The molecule has 0 atom stereocenters. The third-order valence-electron chi connectivity index (χ3n) is 1.71. The molecule has 0 radical (unpaired) electrons. The number of rotatable bonds is 5. The molecule has 0 aromatic carbocycles. The average molecular weight is 194 g/mol. The van der Waals surface area contributed by atoms with Crippen LogP contribution in [0, 0.1) is 0 Å². The Kier molecular flexibility index (Phi) is 4.64. The first-order valence-electron chi connectivity index (χ1n) is 4.53. The van der Waals surface area contributed by atoms with Crippen molar-refractivity contribution in [1.82, 2.24) is 10.3 Å². The first kappa shape index (κ1) is 10.7. The van der Waals surface area contributed by atoms with Crippen molar-refractivity contribution in [2.24, 2.45) is 0 Å². The lowest BCUT2D eigenvalue weighted by molar-refractivity contribution is 0.0943. The van der Waals surface area contributed by atoms with Gasteiger partial charge in [0, 0.05) is 26.5 Å². The van der Waals surface area contributed by atoms with E-state index < -0.39 is 0 Å². The lowest BCUT2D eigenvalue weighted by Gasteiger charge is -2.03. The molecule has 1 aromatic rings. The molecule has 0 aliphatic heterocycles. The Hall–Kier alpha value is -1.42. The number of ether oxygens (including phenoxy) is 1. The summed E-state index contributed by atoms with van der Waals surface area (Å²) in [4.78, 5) is 15.3. The second-order valence-electron chi connectivity index (χ2n) is 2.82. The Morgan fingerprint density at radius 1 is 1.57 bits per heavy atom. The first-order valence-corrected chi connectivity index (χ1v) is 4.53. The van der Waals surface area contributed by atoms with Crippen LogP contribution in [0.3, 0.4) is 0 Å². The number of amides is 1. The number of methoxy groups -OCH3 is 1. The summed E-state index contributed by atoms with van der Waals surface area (Å²) in [6.07, 6.45) is 2.42. The van der Waals surface area contributed by atoms with Crippen molar-refractivity contribution in [2.75, 3.05) is 20.3 Å². The maximum Gasteiger partial charge on any atom is 0.269 e. The maximum atomic E-state index is 11.4. The summed E-state index contributed by atoms with van der Waals surface area (Å²) >= 11 is 0. The second-order valence-corrected chi connectivity index (χ2v) is 2.82. The minimum Gasteiger partial charge on any atom is -0.385 e. The molecule has 0 aliphatic rings. The summed E-state index contributed by atoms with van der Waals surface area (Å²) in [5.41, 5.74) is 0.449. The standard InChI is InChI=1S/C10H14N2O2/c1-14-8-4-7-12-10(13)9-5-2-3-6-11-9/h2-3,5-6H,4,7-8H2,1H3,(H,12,13). The lowest BCUT2D eigenvalue weighted by atomic mass is 10.3. The Morgan fingerprint density at radius 2 is 2.43 bits per heavy atom. The van der Waals surface area contributed by atoms with E-state index in [0.29, 0.717) is 18.8 Å². The molecule has 0 aliphatic carbocycles. The molecule has 0 fully saturated rings. The van der Waals surface area contributed by atoms with Crippen LogP contribution in [-0.4, -0.2) is 31.2 Å². The molecule has 1 N–H and O–H groups in total. The van der Waals surface area contributed by atoms with Gasteiger partial charge >= 0.3 is 0 Å². The fourth-order valence-corrected chi connectivity index (χ4v) is 1.01.